The van der Waals surface area contributed by atoms with Gasteiger partial charge < -0.3 is 11.2 Å². The average molecular weight is 373 g/mol. The van der Waals surface area contributed by atoms with Crippen LogP contribution in [0.2, 0.25) is 10.0 Å². The number of thioether (sulfide) groups is 1. The molecule has 1 atom stereocenters. The van der Waals surface area contributed by atoms with Crippen molar-refractivity contribution < 1.29 is 4.79 Å². The van der Waals surface area contributed by atoms with Crippen molar-refractivity contribution in [2.24, 2.45) is 0 Å². The maximum absolute atomic E-state index is 12.3. The number of nitrogen functional groups attached to an aromatic ring is 1. The first-order valence-corrected chi connectivity index (χ1v) is 8.58. The maximum Gasteiger partial charge on any atom is 0.238 e. The quantitative estimate of drug-likeness (QED) is 0.618. The third-order valence-electron chi connectivity index (χ3n) is 3.33. The van der Waals surface area contributed by atoms with Crippen LogP contribution in [0.1, 0.15) is 31.5 Å². The van der Waals surface area contributed by atoms with E-state index in [-0.39, 0.29) is 16.7 Å². The van der Waals surface area contributed by atoms with E-state index in [9.17, 15) is 4.79 Å². The largest absolute Gasteiger partial charge is 0.336 e. The van der Waals surface area contributed by atoms with Crippen LogP contribution in [0.15, 0.2) is 17.4 Å². The van der Waals surface area contributed by atoms with E-state index in [4.69, 9.17) is 29.0 Å². The Balaban J connectivity index is 1.65. The second kappa shape index (κ2) is 6.54. The van der Waals surface area contributed by atoms with Crippen LogP contribution in [-0.2, 0) is 4.79 Å². The molecule has 0 bridgehead atoms. The van der Waals surface area contributed by atoms with E-state index in [1.54, 1.807) is 6.92 Å². The van der Waals surface area contributed by atoms with Crippen molar-refractivity contribution in [2.75, 3.05) is 11.2 Å². The van der Waals surface area contributed by atoms with Crippen LogP contribution < -0.4 is 11.2 Å². The fourth-order valence-corrected chi connectivity index (χ4v) is 3.13. The summed E-state index contributed by atoms with van der Waals surface area (Å²) in [5.74, 6) is 7.14. The molecule has 1 saturated carbocycles. The molecule has 0 aliphatic heterocycles. The summed E-state index contributed by atoms with van der Waals surface area (Å²) < 4.78 is 1.46. The molecule has 122 valence electrons. The van der Waals surface area contributed by atoms with Gasteiger partial charge in [0.15, 0.2) is 11.6 Å². The zero-order valence-corrected chi connectivity index (χ0v) is 14.5. The average Bonchev–Trinajstić information content (AvgIpc) is 3.28. The van der Waals surface area contributed by atoms with Gasteiger partial charge in [-0.3, -0.25) is 4.79 Å². The van der Waals surface area contributed by atoms with Crippen LogP contribution >= 0.6 is 35.0 Å². The Labute approximate surface area is 146 Å². The van der Waals surface area contributed by atoms with Crippen molar-refractivity contribution in [3.63, 3.8) is 0 Å². The molecule has 0 unspecified atom stereocenters. The number of aromatic nitrogens is 4. The number of amides is 1. The summed E-state index contributed by atoms with van der Waals surface area (Å²) >= 11 is 13.0. The molecular formula is C13H14Cl2N6OS. The first kappa shape index (κ1) is 16.4. The standard InChI is InChI=1S/C13H14Cl2N6OS/c1-6(12(22)18-10-9(15)4-8(14)5-17-10)23-13-20-19-11(21(13)16)7-2-3-7/h4-7H,2-3,16H2,1H3,(H,17,18,22)/t6-/m1/s1. The van der Waals surface area contributed by atoms with E-state index in [0.29, 0.717) is 16.1 Å². The lowest BCUT2D eigenvalue weighted by atomic mass is 10.4. The number of nitrogens with two attached hydrogens (primary N) is 1. The number of nitrogens with zero attached hydrogens (tertiary/aromatic N) is 4. The fraction of sp³-hybridized carbons (Fsp3) is 0.385. The minimum Gasteiger partial charge on any atom is -0.336 e. The molecule has 0 saturated heterocycles. The number of nitrogens with one attached hydrogen (secondary N) is 1. The lowest BCUT2D eigenvalue weighted by Gasteiger charge is -2.12. The van der Waals surface area contributed by atoms with Crippen molar-refractivity contribution in [1.82, 2.24) is 19.9 Å². The molecule has 0 spiro atoms. The number of carbonyl (C=O) groups excluding carboxylic acids is 1. The highest BCUT2D eigenvalue weighted by atomic mass is 35.5. The Morgan fingerprint density at radius 2 is 2.22 bits per heavy atom. The summed E-state index contributed by atoms with van der Waals surface area (Å²) in [5, 5.41) is 11.5. The minimum absolute atomic E-state index is 0.261. The van der Waals surface area contributed by atoms with Gasteiger partial charge in [-0.2, -0.15) is 0 Å². The summed E-state index contributed by atoms with van der Waals surface area (Å²) in [6.07, 6.45) is 3.58. The first-order valence-electron chi connectivity index (χ1n) is 6.94. The predicted octanol–water partition coefficient (Wildman–Crippen LogP) is 2.69. The smallest absolute Gasteiger partial charge is 0.238 e. The molecule has 0 radical (unpaired) electrons. The van der Waals surface area contributed by atoms with E-state index >= 15 is 0 Å². The van der Waals surface area contributed by atoms with Crippen molar-refractivity contribution in [3.8, 4) is 0 Å². The Hall–Kier alpha value is -1.51. The molecule has 0 aromatic carbocycles. The molecule has 2 aromatic rings. The number of anilines is 1. The van der Waals surface area contributed by atoms with Gasteiger partial charge in [-0.15, -0.1) is 10.2 Å². The van der Waals surface area contributed by atoms with Crippen LogP contribution in [0.5, 0.6) is 0 Å². The molecule has 10 heteroatoms. The zero-order chi connectivity index (χ0) is 16.6. The molecule has 1 aliphatic rings. The molecule has 1 aliphatic carbocycles. The second-order valence-corrected chi connectivity index (χ2v) is 7.37. The Morgan fingerprint density at radius 1 is 1.48 bits per heavy atom. The third kappa shape index (κ3) is 3.70. The minimum atomic E-state index is -0.443. The zero-order valence-electron chi connectivity index (χ0n) is 12.2. The van der Waals surface area contributed by atoms with Crippen molar-refractivity contribution in [3.05, 3.63) is 28.1 Å². The summed E-state index contributed by atoms with van der Waals surface area (Å²) in [4.78, 5) is 16.3. The normalized spacial score (nSPS) is 15.4. The fourth-order valence-electron chi connectivity index (χ4n) is 1.93. The van der Waals surface area contributed by atoms with E-state index < -0.39 is 5.25 Å². The molecule has 3 rings (SSSR count). The highest BCUT2D eigenvalue weighted by Crippen LogP contribution is 2.39. The van der Waals surface area contributed by atoms with Gasteiger partial charge in [-0.25, -0.2) is 9.66 Å². The highest BCUT2D eigenvalue weighted by Gasteiger charge is 2.30. The summed E-state index contributed by atoms with van der Waals surface area (Å²) in [7, 11) is 0. The number of hydrogen-bond donors (Lipinski definition) is 2. The lowest BCUT2D eigenvalue weighted by Crippen LogP contribution is -2.24. The van der Waals surface area contributed by atoms with Gasteiger partial charge in [-0.05, 0) is 25.8 Å². The Morgan fingerprint density at radius 3 is 2.87 bits per heavy atom. The number of rotatable bonds is 5. The molecule has 23 heavy (non-hydrogen) atoms. The van der Waals surface area contributed by atoms with Gasteiger partial charge in [0.25, 0.3) is 0 Å². The van der Waals surface area contributed by atoms with Gasteiger partial charge in [0.2, 0.25) is 11.1 Å². The van der Waals surface area contributed by atoms with Crippen LogP contribution in [0.25, 0.3) is 0 Å². The number of carbonyl (C=O) groups is 1. The summed E-state index contributed by atoms with van der Waals surface area (Å²) in [6.45, 7) is 1.75. The second-order valence-electron chi connectivity index (χ2n) is 5.22. The molecular weight excluding hydrogens is 359 g/mol. The summed E-state index contributed by atoms with van der Waals surface area (Å²) in [5.41, 5.74) is 0. The van der Waals surface area contributed by atoms with Crippen molar-refractivity contribution in [2.45, 2.75) is 36.1 Å². The van der Waals surface area contributed by atoms with Crippen LogP contribution in [0.4, 0.5) is 5.82 Å². The van der Waals surface area contributed by atoms with Crippen molar-refractivity contribution in [1.29, 1.82) is 0 Å². The monoisotopic (exact) mass is 372 g/mol. The summed E-state index contributed by atoms with van der Waals surface area (Å²) in [6, 6.07) is 1.52. The first-order chi connectivity index (χ1) is 11.0. The molecule has 2 aromatic heterocycles. The maximum atomic E-state index is 12.3. The van der Waals surface area contributed by atoms with Crippen LogP contribution in [0, 0.1) is 0 Å². The highest BCUT2D eigenvalue weighted by molar-refractivity contribution is 8.00. The molecule has 2 heterocycles. The molecule has 3 N–H and O–H groups in total. The number of hydrogen-bond acceptors (Lipinski definition) is 6. The van der Waals surface area contributed by atoms with Gasteiger partial charge in [-0.1, -0.05) is 35.0 Å². The van der Waals surface area contributed by atoms with Crippen LogP contribution in [0.3, 0.4) is 0 Å². The Kier molecular flexibility index (Phi) is 4.65. The number of pyridine rings is 1. The number of halogens is 2. The Bertz CT molecular complexity index is 748. The lowest BCUT2D eigenvalue weighted by molar-refractivity contribution is -0.115. The van der Waals surface area contributed by atoms with E-state index in [0.717, 1.165) is 18.7 Å². The molecule has 1 amide bonds. The van der Waals surface area contributed by atoms with Crippen molar-refractivity contribution >= 4 is 46.7 Å². The predicted molar refractivity (Wildman–Crippen MR) is 90.4 cm³/mol. The van der Waals surface area contributed by atoms with Gasteiger partial charge in [0.05, 0.1) is 15.3 Å². The van der Waals surface area contributed by atoms with Crippen LogP contribution in [-0.4, -0.2) is 31.0 Å². The molecule has 7 nitrogen and oxygen atoms in total. The van der Waals surface area contributed by atoms with E-state index in [1.165, 1.54) is 28.7 Å². The molecule has 1 fully saturated rings. The SMILES string of the molecule is C[C@@H](Sc1nnc(C2CC2)n1N)C(=O)Nc1ncc(Cl)cc1Cl. The van der Waals surface area contributed by atoms with Gasteiger partial charge >= 0.3 is 0 Å². The third-order valence-corrected chi connectivity index (χ3v) is 4.89. The van der Waals surface area contributed by atoms with Gasteiger partial charge in [0, 0.05) is 12.1 Å². The van der Waals surface area contributed by atoms with Gasteiger partial charge in [0.1, 0.15) is 0 Å². The van der Waals surface area contributed by atoms with E-state index in [2.05, 4.69) is 20.5 Å². The van der Waals surface area contributed by atoms with E-state index in [1.807, 2.05) is 0 Å². The topological polar surface area (TPSA) is 98.7 Å².